The summed E-state index contributed by atoms with van der Waals surface area (Å²) in [7, 11) is 4.86. The summed E-state index contributed by atoms with van der Waals surface area (Å²) in [6, 6.07) is 14.3. The maximum absolute atomic E-state index is 5.44. The Balaban J connectivity index is 1.69. The van der Waals surface area contributed by atoms with Crippen molar-refractivity contribution >= 4 is 0 Å². The van der Waals surface area contributed by atoms with Crippen molar-refractivity contribution in [3.05, 3.63) is 70.5 Å². The van der Waals surface area contributed by atoms with Gasteiger partial charge in [0.25, 0.3) is 0 Å². The minimum atomic E-state index is 0.604. The van der Waals surface area contributed by atoms with Gasteiger partial charge in [0.1, 0.15) is 0 Å². The molecule has 0 fully saturated rings. The van der Waals surface area contributed by atoms with Crippen LogP contribution in [0.1, 0.15) is 28.1 Å². The quantitative estimate of drug-likeness (QED) is 0.596. The molecule has 29 heavy (non-hydrogen) atoms. The molecule has 0 amide bonds. The molecule has 0 saturated carbocycles. The summed E-state index contributed by atoms with van der Waals surface area (Å²) in [5.74, 6) is 1.92. The van der Waals surface area contributed by atoms with Crippen LogP contribution in [0.15, 0.2) is 42.5 Å². The standard InChI is InChI=1S/C23H29N3O3/c1-16-20(17(2)26(25-16)15-18-9-7-6-8-10-18)14-24-13-19-11-21(27-3)23(29-5)22(12-19)28-4/h6-12,24H,13-15H2,1-5H3. The van der Waals surface area contributed by atoms with Crippen LogP contribution >= 0.6 is 0 Å². The molecule has 154 valence electrons. The summed E-state index contributed by atoms with van der Waals surface area (Å²) in [6.45, 7) is 6.38. The molecule has 6 heteroatoms. The van der Waals surface area contributed by atoms with Crippen LogP contribution < -0.4 is 19.5 Å². The van der Waals surface area contributed by atoms with E-state index in [0.717, 1.165) is 24.3 Å². The fraction of sp³-hybridized carbons (Fsp3) is 0.348. The van der Waals surface area contributed by atoms with Crippen molar-refractivity contribution in [3.63, 3.8) is 0 Å². The van der Waals surface area contributed by atoms with Crippen LogP contribution in [0.4, 0.5) is 0 Å². The number of ether oxygens (including phenoxy) is 3. The second-order valence-corrected chi connectivity index (χ2v) is 6.93. The first-order chi connectivity index (χ1) is 14.1. The van der Waals surface area contributed by atoms with E-state index in [4.69, 9.17) is 19.3 Å². The highest BCUT2D eigenvalue weighted by Crippen LogP contribution is 2.38. The van der Waals surface area contributed by atoms with Gasteiger partial charge in [0.15, 0.2) is 11.5 Å². The van der Waals surface area contributed by atoms with Crippen LogP contribution in [-0.2, 0) is 19.6 Å². The van der Waals surface area contributed by atoms with Crippen LogP contribution in [0.25, 0.3) is 0 Å². The van der Waals surface area contributed by atoms with Crippen LogP contribution in [0.5, 0.6) is 17.2 Å². The van der Waals surface area contributed by atoms with Crippen LogP contribution in [0, 0.1) is 13.8 Å². The molecule has 0 atom stereocenters. The lowest BCUT2D eigenvalue weighted by Gasteiger charge is -2.14. The fourth-order valence-corrected chi connectivity index (χ4v) is 3.47. The predicted octanol–water partition coefficient (Wildman–Crippen LogP) is 3.86. The van der Waals surface area contributed by atoms with Crippen molar-refractivity contribution in [2.24, 2.45) is 0 Å². The Morgan fingerprint density at radius 2 is 1.52 bits per heavy atom. The second-order valence-electron chi connectivity index (χ2n) is 6.93. The van der Waals surface area contributed by atoms with E-state index in [0.29, 0.717) is 23.8 Å². The van der Waals surface area contributed by atoms with E-state index in [1.54, 1.807) is 21.3 Å². The number of hydrogen-bond acceptors (Lipinski definition) is 5. The van der Waals surface area contributed by atoms with Gasteiger partial charge < -0.3 is 19.5 Å². The van der Waals surface area contributed by atoms with Gasteiger partial charge >= 0.3 is 0 Å². The molecule has 1 heterocycles. The number of aromatic nitrogens is 2. The lowest BCUT2D eigenvalue weighted by Crippen LogP contribution is -2.14. The minimum absolute atomic E-state index is 0.604. The number of nitrogens with one attached hydrogen (secondary N) is 1. The molecule has 2 aromatic carbocycles. The van der Waals surface area contributed by atoms with E-state index in [1.165, 1.54) is 16.8 Å². The maximum atomic E-state index is 5.44. The van der Waals surface area contributed by atoms with Gasteiger partial charge in [0.05, 0.1) is 33.6 Å². The highest BCUT2D eigenvalue weighted by atomic mass is 16.5. The van der Waals surface area contributed by atoms with Gasteiger partial charge in [-0.25, -0.2) is 0 Å². The number of rotatable bonds is 9. The average molecular weight is 396 g/mol. The Morgan fingerprint density at radius 1 is 0.862 bits per heavy atom. The Bertz CT molecular complexity index is 926. The largest absolute Gasteiger partial charge is 0.493 e. The van der Waals surface area contributed by atoms with E-state index in [1.807, 2.05) is 18.2 Å². The van der Waals surface area contributed by atoms with Gasteiger partial charge in [-0.15, -0.1) is 0 Å². The minimum Gasteiger partial charge on any atom is -0.493 e. The third kappa shape index (κ3) is 4.71. The SMILES string of the molecule is COc1cc(CNCc2c(C)nn(Cc3ccccc3)c2C)cc(OC)c1OC. The zero-order valence-corrected chi connectivity index (χ0v) is 17.8. The highest BCUT2D eigenvalue weighted by molar-refractivity contribution is 5.53. The topological polar surface area (TPSA) is 57.5 Å². The zero-order chi connectivity index (χ0) is 20.8. The summed E-state index contributed by atoms with van der Waals surface area (Å²) >= 11 is 0. The van der Waals surface area contributed by atoms with Gasteiger partial charge in [0, 0.05) is 24.3 Å². The van der Waals surface area contributed by atoms with Gasteiger partial charge in [-0.3, -0.25) is 4.68 Å². The molecule has 3 rings (SSSR count). The van der Waals surface area contributed by atoms with Crippen LogP contribution in [-0.4, -0.2) is 31.1 Å². The zero-order valence-electron chi connectivity index (χ0n) is 17.8. The molecule has 1 N–H and O–H groups in total. The van der Waals surface area contributed by atoms with Crippen LogP contribution in [0.2, 0.25) is 0 Å². The van der Waals surface area contributed by atoms with Crippen molar-refractivity contribution in [3.8, 4) is 17.2 Å². The monoisotopic (exact) mass is 395 g/mol. The lowest BCUT2D eigenvalue weighted by atomic mass is 10.1. The Morgan fingerprint density at radius 3 is 2.10 bits per heavy atom. The van der Waals surface area contributed by atoms with Crippen molar-refractivity contribution in [1.29, 1.82) is 0 Å². The normalized spacial score (nSPS) is 10.8. The molecule has 0 aliphatic carbocycles. The summed E-state index contributed by atoms with van der Waals surface area (Å²) in [5, 5.41) is 8.24. The third-order valence-corrected chi connectivity index (χ3v) is 5.06. The molecule has 6 nitrogen and oxygen atoms in total. The number of aryl methyl sites for hydroxylation is 1. The molecular weight excluding hydrogens is 366 g/mol. The molecule has 0 saturated heterocycles. The first-order valence-corrected chi connectivity index (χ1v) is 9.63. The highest BCUT2D eigenvalue weighted by Gasteiger charge is 2.14. The molecule has 1 aromatic heterocycles. The van der Waals surface area contributed by atoms with E-state index in [-0.39, 0.29) is 0 Å². The van der Waals surface area contributed by atoms with E-state index < -0.39 is 0 Å². The molecular formula is C23H29N3O3. The molecule has 3 aromatic rings. The summed E-state index contributed by atoms with van der Waals surface area (Å²) in [5.41, 5.74) is 5.77. The first kappa shape index (κ1) is 20.7. The predicted molar refractivity (Wildman–Crippen MR) is 114 cm³/mol. The molecule has 0 aliphatic heterocycles. The summed E-state index contributed by atoms with van der Waals surface area (Å²) < 4.78 is 18.3. The average Bonchev–Trinajstić information content (AvgIpc) is 3.00. The fourth-order valence-electron chi connectivity index (χ4n) is 3.47. The van der Waals surface area contributed by atoms with Crippen molar-refractivity contribution in [1.82, 2.24) is 15.1 Å². The summed E-state index contributed by atoms with van der Waals surface area (Å²) in [4.78, 5) is 0. The van der Waals surface area contributed by atoms with Crippen molar-refractivity contribution < 1.29 is 14.2 Å². The number of hydrogen-bond donors (Lipinski definition) is 1. The lowest BCUT2D eigenvalue weighted by molar-refractivity contribution is 0.323. The Hall–Kier alpha value is -2.99. The van der Waals surface area contributed by atoms with E-state index >= 15 is 0 Å². The number of nitrogens with zero attached hydrogens (tertiary/aromatic N) is 2. The molecule has 0 bridgehead atoms. The smallest absolute Gasteiger partial charge is 0.203 e. The second kappa shape index (κ2) is 9.47. The third-order valence-electron chi connectivity index (χ3n) is 5.06. The van der Waals surface area contributed by atoms with E-state index in [9.17, 15) is 0 Å². The number of methoxy groups -OCH3 is 3. The van der Waals surface area contributed by atoms with Crippen molar-refractivity contribution in [2.45, 2.75) is 33.5 Å². The van der Waals surface area contributed by atoms with Crippen molar-refractivity contribution in [2.75, 3.05) is 21.3 Å². The maximum Gasteiger partial charge on any atom is 0.203 e. The van der Waals surface area contributed by atoms with E-state index in [2.05, 4.69) is 48.1 Å². The molecule has 0 spiro atoms. The van der Waals surface area contributed by atoms with Gasteiger partial charge in [-0.2, -0.15) is 5.10 Å². The van der Waals surface area contributed by atoms with Crippen LogP contribution in [0.3, 0.4) is 0 Å². The molecule has 0 unspecified atom stereocenters. The molecule has 0 aliphatic rings. The van der Waals surface area contributed by atoms with Gasteiger partial charge in [0.2, 0.25) is 5.75 Å². The Kier molecular flexibility index (Phi) is 6.77. The van der Waals surface area contributed by atoms with Gasteiger partial charge in [-0.05, 0) is 37.1 Å². The first-order valence-electron chi connectivity index (χ1n) is 9.63. The van der Waals surface area contributed by atoms with Gasteiger partial charge in [-0.1, -0.05) is 30.3 Å². The summed E-state index contributed by atoms with van der Waals surface area (Å²) in [6.07, 6.45) is 0. The number of benzene rings is 2. The molecule has 0 radical (unpaired) electrons. The Labute approximate surface area is 172 Å².